The molecule has 3 rings (SSSR count). The van der Waals surface area contributed by atoms with Crippen LogP contribution >= 0.6 is 24.4 Å². The normalized spacial score (nSPS) is 8.33. The van der Waals surface area contributed by atoms with Gasteiger partial charge in [-0.3, -0.25) is 0 Å². The third kappa shape index (κ3) is 13.7. The average molecular weight is 479 g/mol. The summed E-state index contributed by atoms with van der Waals surface area (Å²) in [5.41, 5.74) is 6.88. The van der Waals surface area contributed by atoms with Crippen LogP contribution in [0.25, 0.3) is 11.1 Å². The number of benzene rings is 2. The molecule has 1 aromatic heterocycles. The predicted molar refractivity (Wildman–Crippen MR) is 105 cm³/mol. The number of aromatic hydroxyl groups is 3. The summed E-state index contributed by atoms with van der Waals surface area (Å²) in [5, 5.41) is 26.6. The number of hydrogen-bond acceptors (Lipinski definition) is 9. The number of phenols is 3. The molecule has 0 spiro atoms. The summed E-state index contributed by atoms with van der Waals surface area (Å²) in [6.45, 7) is 1.71. The van der Waals surface area contributed by atoms with Crippen LogP contribution in [0.1, 0.15) is 6.92 Å². The summed E-state index contributed by atoms with van der Waals surface area (Å²) in [7, 11) is 0. The summed E-state index contributed by atoms with van der Waals surface area (Å²) in [4.78, 5) is 3.15. The van der Waals surface area contributed by atoms with Gasteiger partial charge in [0.05, 0.1) is 11.2 Å². The Morgan fingerprint density at radius 3 is 2.04 bits per heavy atom. The zero-order valence-corrected chi connectivity index (χ0v) is 23.7. The van der Waals surface area contributed by atoms with Crippen molar-refractivity contribution in [1.82, 2.24) is 4.98 Å². The SMILES string of the molecule is CC(=S)[S-].Nc1ccc(O)cc1O.Oc1ccc2[nH]c(=S)oc2c1.[K+].[K+].[OH-]. The van der Waals surface area contributed by atoms with Gasteiger partial charge in [-0.05, 0) is 36.5 Å². The molecule has 136 valence electrons. The van der Waals surface area contributed by atoms with E-state index in [0.717, 1.165) is 5.52 Å². The molecule has 0 bridgehead atoms. The van der Waals surface area contributed by atoms with Crippen molar-refractivity contribution in [1.29, 1.82) is 0 Å². The number of anilines is 1. The smallest absolute Gasteiger partial charge is 0.870 e. The molecule has 1 heterocycles. The van der Waals surface area contributed by atoms with Crippen LogP contribution in [0.2, 0.25) is 0 Å². The molecule has 0 fully saturated rings. The van der Waals surface area contributed by atoms with Crippen molar-refractivity contribution in [3.05, 3.63) is 41.2 Å². The van der Waals surface area contributed by atoms with Gasteiger partial charge in [0.1, 0.15) is 17.2 Å². The van der Waals surface area contributed by atoms with E-state index in [-0.39, 0.29) is 131 Å². The van der Waals surface area contributed by atoms with Crippen LogP contribution in [-0.4, -0.2) is 30.0 Å². The maximum Gasteiger partial charge on any atom is 1.00 e. The fourth-order valence-corrected chi connectivity index (χ4v) is 1.67. The first-order valence-electron chi connectivity index (χ1n) is 6.46. The summed E-state index contributed by atoms with van der Waals surface area (Å²) in [5.74, 6) is 0.104. The third-order valence-corrected chi connectivity index (χ3v) is 2.60. The van der Waals surface area contributed by atoms with Gasteiger partial charge in [-0.1, -0.05) is 6.92 Å². The number of rotatable bonds is 0. The monoisotopic (exact) mass is 478 g/mol. The molecule has 0 aliphatic heterocycles. The van der Waals surface area contributed by atoms with Crippen molar-refractivity contribution < 1.29 is 128 Å². The molecule has 0 atom stereocenters. The van der Waals surface area contributed by atoms with Crippen LogP contribution in [0.4, 0.5) is 5.69 Å². The Hall–Kier alpha value is 0.873. The zero-order chi connectivity index (χ0) is 18.3. The van der Waals surface area contributed by atoms with Crippen molar-refractivity contribution in [3.8, 4) is 17.2 Å². The second-order valence-corrected chi connectivity index (χ2v) is 6.28. The number of nitrogen functional groups attached to an aromatic ring is 1. The van der Waals surface area contributed by atoms with Crippen LogP contribution in [0, 0.1) is 4.84 Å². The molecular weight excluding hydrogens is 463 g/mol. The molecule has 0 amide bonds. The average Bonchev–Trinajstić information content (AvgIpc) is 2.82. The molecule has 7 N–H and O–H groups in total. The molecule has 7 nitrogen and oxygen atoms in total. The summed E-state index contributed by atoms with van der Waals surface area (Å²) in [6.07, 6.45) is 0. The molecule has 3 aromatic rings. The first-order chi connectivity index (χ1) is 11.2. The zero-order valence-electron chi connectivity index (χ0n) is 15.0. The Morgan fingerprint density at radius 1 is 1.07 bits per heavy atom. The van der Waals surface area contributed by atoms with Crippen LogP contribution in [0.3, 0.4) is 0 Å². The molecule has 0 saturated carbocycles. The maximum atomic E-state index is 9.03. The standard InChI is InChI=1S/C7H5NO2S.C6H7NO2.C2H4S2.2K.H2O/c9-4-1-2-5-6(3-4)10-7(11)8-5;7-5-2-1-4(8)3-6(5)9;1-2(3)4;;;/h1-3,9H,(H,8,11);1-3,8-9H,7H2;1H3,(H,3,4);;;1H2/q;;;2*+1;/p-2. The van der Waals surface area contributed by atoms with Gasteiger partial charge in [0.25, 0.3) is 4.84 Å². The van der Waals surface area contributed by atoms with Gasteiger partial charge in [0.15, 0.2) is 5.58 Å². The summed E-state index contributed by atoms with van der Waals surface area (Å²) in [6, 6.07) is 8.84. The van der Waals surface area contributed by atoms with Gasteiger partial charge in [0, 0.05) is 12.1 Å². The molecule has 12 heteroatoms. The van der Waals surface area contributed by atoms with E-state index >= 15 is 0 Å². The predicted octanol–water partition coefficient (Wildman–Crippen LogP) is -2.41. The van der Waals surface area contributed by atoms with Crippen molar-refractivity contribution in [2.75, 3.05) is 5.73 Å². The number of fused-ring (bicyclic) bond motifs is 1. The van der Waals surface area contributed by atoms with Gasteiger partial charge in [-0.25, -0.2) is 0 Å². The number of aromatic nitrogens is 1. The van der Waals surface area contributed by atoms with Crippen LogP contribution in [0.15, 0.2) is 40.8 Å². The van der Waals surface area contributed by atoms with Crippen LogP contribution in [-0.2, 0) is 12.6 Å². The second-order valence-electron chi connectivity index (χ2n) is 4.43. The molecule has 0 saturated heterocycles. The van der Waals surface area contributed by atoms with E-state index in [1.165, 1.54) is 24.3 Å². The maximum absolute atomic E-state index is 9.03. The molecule has 0 aliphatic carbocycles. The van der Waals surface area contributed by atoms with E-state index in [2.05, 4.69) is 29.8 Å². The number of thiocarbonyl (C=S) groups is 1. The van der Waals surface area contributed by atoms with E-state index in [4.69, 9.17) is 37.7 Å². The Bertz CT molecular complexity index is 899. The summed E-state index contributed by atoms with van der Waals surface area (Å²) < 4.78 is 5.63. The topological polar surface area (TPSA) is 146 Å². The first-order valence-corrected chi connectivity index (χ1v) is 7.68. The Labute approximate surface area is 257 Å². The molecule has 0 radical (unpaired) electrons. The second kappa shape index (κ2) is 16.6. The van der Waals surface area contributed by atoms with Crippen LogP contribution < -0.4 is 109 Å². The molecule has 0 unspecified atom stereocenters. The Kier molecular flexibility index (Phi) is 20.1. The fourth-order valence-electron chi connectivity index (χ4n) is 1.47. The minimum atomic E-state index is -0.0880. The van der Waals surface area contributed by atoms with E-state index < -0.39 is 0 Å². The number of H-pyrrole nitrogens is 1. The minimum absolute atomic E-state index is 0. The van der Waals surface area contributed by atoms with Gasteiger partial charge in [0.2, 0.25) is 0 Å². The van der Waals surface area contributed by atoms with Crippen molar-refractivity contribution in [2.24, 2.45) is 0 Å². The third-order valence-electron chi connectivity index (χ3n) is 2.42. The number of aromatic amines is 1. The number of hydrogen-bond donors (Lipinski definition) is 5. The number of phenolic OH excluding ortho intramolecular Hbond substituents is 3. The van der Waals surface area contributed by atoms with Crippen molar-refractivity contribution >= 4 is 58.0 Å². The largest absolute Gasteiger partial charge is 1.00 e. The van der Waals surface area contributed by atoms with E-state index in [1.54, 1.807) is 19.1 Å². The number of oxazole rings is 1. The first kappa shape index (κ1) is 32.5. The molecular formula is C15H16K2N2O5S3. The summed E-state index contributed by atoms with van der Waals surface area (Å²) >= 11 is 13.5. The van der Waals surface area contributed by atoms with Gasteiger partial charge in [-0.2, -0.15) is 4.20 Å². The molecule has 0 aliphatic rings. The van der Waals surface area contributed by atoms with Crippen LogP contribution in [0.5, 0.6) is 17.2 Å². The number of nitrogens with one attached hydrogen (secondary N) is 1. The van der Waals surface area contributed by atoms with E-state index in [9.17, 15) is 0 Å². The van der Waals surface area contributed by atoms with Crippen molar-refractivity contribution in [3.63, 3.8) is 0 Å². The Balaban J connectivity index is -0.000000331. The fraction of sp³-hybridized carbons (Fsp3) is 0.0667. The quantitative estimate of drug-likeness (QED) is 0.0595. The molecule has 27 heavy (non-hydrogen) atoms. The van der Waals surface area contributed by atoms with Crippen molar-refractivity contribution in [2.45, 2.75) is 6.92 Å². The van der Waals surface area contributed by atoms with Gasteiger partial charge >= 0.3 is 103 Å². The van der Waals surface area contributed by atoms with E-state index in [0.29, 0.717) is 14.6 Å². The van der Waals surface area contributed by atoms with E-state index in [1.807, 2.05) is 0 Å². The Morgan fingerprint density at radius 2 is 1.56 bits per heavy atom. The number of nitrogens with two attached hydrogens (primary N) is 1. The molecule has 2 aromatic carbocycles. The minimum Gasteiger partial charge on any atom is -0.870 e. The van der Waals surface area contributed by atoms with Gasteiger partial charge < -0.3 is 60.8 Å². The van der Waals surface area contributed by atoms with Gasteiger partial charge in [-0.15, -0.1) is 0 Å².